The minimum atomic E-state index is -3.36. The van der Waals surface area contributed by atoms with Crippen LogP contribution in [0.3, 0.4) is 0 Å². The molecule has 0 radical (unpaired) electrons. The lowest BCUT2D eigenvalue weighted by Crippen LogP contribution is -2.39. The zero-order valence-electron chi connectivity index (χ0n) is 13.9. The lowest BCUT2D eigenvalue weighted by atomic mass is 9.98. The van der Waals surface area contributed by atoms with Crippen LogP contribution in [0.15, 0.2) is 12.3 Å². The molecule has 2 heterocycles. The molecule has 24 heavy (non-hydrogen) atoms. The van der Waals surface area contributed by atoms with Crippen LogP contribution in [0.1, 0.15) is 18.7 Å². The second-order valence-corrected chi connectivity index (χ2v) is 8.47. The van der Waals surface area contributed by atoms with Crippen LogP contribution in [0.5, 0.6) is 0 Å². The molecule has 1 saturated heterocycles. The maximum Gasteiger partial charge on any atom is 0.237 e. The fourth-order valence-corrected chi connectivity index (χ4v) is 3.60. The first-order valence-corrected chi connectivity index (χ1v) is 9.99. The summed E-state index contributed by atoms with van der Waals surface area (Å²) < 4.78 is 24.6. The van der Waals surface area contributed by atoms with Crippen LogP contribution in [0.4, 0.5) is 5.82 Å². The summed E-state index contributed by atoms with van der Waals surface area (Å²) in [5, 5.41) is 3.43. The average molecular weight is 353 g/mol. The lowest BCUT2D eigenvalue weighted by molar-refractivity contribution is -0.129. The Labute approximate surface area is 142 Å². The molecule has 0 unspecified atom stereocenters. The SMILES string of the molecule is Cc1nccc(N[C@H]2CN(C(=O)CNS(C)(=O)=O)C[C@@H]2C2CC2)n1. The van der Waals surface area contributed by atoms with Crippen LogP contribution >= 0.6 is 0 Å². The van der Waals surface area contributed by atoms with Gasteiger partial charge in [-0.25, -0.2) is 23.1 Å². The molecular formula is C15H23N5O3S. The van der Waals surface area contributed by atoms with Gasteiger partial charge in [0.1, 0.15) is 11.6 Å². The number of anilines is 1. The van der Waals surface area contributed by atoms with Gasteiger partial charge in [-0.05, 0) is 31.7 Å². The number of aromatic nitrogens is 2. The van der Waals surface area contributed by atoms with E-state index in [1.165, 1.54) is 12.8 Å². The molecule has 2 fully saturated rings. The first kappa shape index (κ1) is 17.1. The Morgan fingerprint density at radius 1 is 1.38 bits per heavy atom. The van der Waals surface area contributed by atoms with Gasteiger partial charge < -0.3 is 10.2 Å². The Morgan fingerprint density at radius 2 is 2.12 bits per heavy atom. The largest absolute Gasteiger partial charge is 0.365 e. The molecule has 1 aliphatic heterocycles. The van der Waals surface area contributed by atoms with Crippen LogP contribution < -0.4 is 10.0 Å². The van der Waals surface area contributed by atoms with E-state index in [1.807, 2.05) is 13.0 Å². The summed E-state index contributed by atoms with van der Waals surface area (Å²) in [5.74, 6) is 2.29. The zero-order chi connectivity index (χ0) is 17.3. The van der Waals surface area contributed by atoms with E-state index >= 15 is 0 Å². The fraction of sp³-hybridized carbons (Fsp3) is 0.667. The number of hydrogen-bond acceptors (Lipinski definition) is 6. The molecule has 0 spiro atoms. The monoisotopic (exact) mass is 353 g/mol. The normalized spacial score (nSPS) is 24.2. The van der Waals surface area contributed by atoms with Crippen molar-refractivity contribution in [2.24, 2.45) is 11.8 Å². The van der Waals surface area contributed by atoms with Gasteiger partial charge >= 0.3 is 0 Å². The molecule has 1 saturated carbocycles. The minimum absolute atomic E-state index is 0.133. The molecule has 1 aromatic rings. The molecule has 1 aromatic heterocycles. The number of amides is 1. The molecule has 2 aliphatic rings. The van der Waals surface area contributed by atoms with Crippen molar-refractivity contribution in [2.45, 2.75) is 25.8 Å². The van der Waals surface area contributed by atoms with Crippen LogP contribution in [0.25, 0.3) is 0 Å². The second-order valence-electron chi connectivity index (χ2n) is 6.63. The van der Waals surface area contributed by atoms with E-state index in [1.54, 1.807) is 11.1 Å². The highest BCUT2D eigenvalue weighted by Crippen LogP contribution is 2.42. The minimum Gasteiger partial charge on any atom is -0.365 e. The highest BCUT2D eigenvalue weighted by Gasteiger charge is 2.43. The van der Waals surface area contributed by atoms with Gasteiger partial charge in [0.2, 0.25) is 15.9 Å². The highest BCUT2D eigenvalue weighted by molar-refractivity contribution is 7.88. The summed E-state index contributed by atoms with van der Waals surface area (Å²) in [6.07, 6.45) is 5.15. The number of hydrogen-bond donors (Lipinski definition) is 2. The molecule has 3 rings (SSSR count). The standard InChI is InChI=1S/C15H23N5O3S/c1-10-16-6-5-14(18-10)19-13-9-20(8-12(13)11-3-4-11)15(21)7-17-24(2,22)23/h5-6,11-13,17H,3-4,7-9H2,1-2H3,(H,16,18,19)/t12-,13+/m1/s1. The average Bonchev–Trinajstić information content (AvgIpc) is 3.25. The van der Waals surface area contributed by atoms with Crippen molar-refractivity contribution >= 4 is 21.7 Å². The van der Waals surface area contributed by atoms with Gasteiger partial charge in [0, 0.05) is 31.2 Å². The summed E-state index contributed by atoms with van der Waals surface area (Å²) in [7, 11) is -3.36. The lowest BCUT2D eigenvalue weighted by Gasteiger charge is -2.19. The van der Waals surface area contributed by atoms with Gasteiger partial charge in [-0.3, -0.25) is 4.79 Å². The number of likely N-dealkylation sites (tertiary alicyclic amines) is 1. The van der Waals surface area contributed by atoms with Gasteiger partial charge in [0.25, 0.3) is 0 Å². The Morgan fingerprint density at radius 3 is 2.75 bits per heavy atom. The van der Waals surface area contributed by atoms with Crippen LogP contribution in [0, 0.1) is 18.8 Å². The van der Waals surface area contributed by atoms with E-state index in [2.05, 4.69) is 20.0 Å². The third-order valence-electron chi connectivity index (χ3n) is 4.54. The van der Waals surface area contributed by atoms with Crippen molar-refractivity contribution in [3.8, 4) is 0 Å². The molecule has 2 N–H and O–H groups in total. The third-order valence-corrected chi connectivity index (χ3v) is 5.21. The summed E-state index contributed by atoms with van der Waals surface area (Å²) >= 11 is 0. The van der Waals surface area contributed by atoms with Crippen molar-refractivity contribution in [3.63, 3.8) is 0 Å². The van der Waals surface area contributed by atoms with Crippen molar-refractivity contribution in [3.05, 3.63) is 18.1 Å². The Kier molecular flexibility index (Phi) is 4.73. The highest BCUT2D eigenvalue weighted by atomic mass is 32.2. The molecule has 0 bridgehead atoms. The quantitative estimate of drug-likeness (QED) is 0.745. The number of carbonyl (C=O) groups is 1. The van der Waals surface area contributed by atoms with Gasteiger partial charge in [-0.15, -0.1) is 0 Å². The van der Waals surface area contributed by atoms with E-state index in [-0.39, 0.29) is 18.5 Å². The number of nitrogens with zero attached hydrogens (tertiary/aromatic N) is 3. The second kappa shape index (κ2) is 6.64. The van der Waals surface area contributed by atoms with Crippen LogP contribution in [-0.2, 0) is 14.8 Å². The molecule has 2 atom stereocenters. The first-order valence-electron chi connectivity index (χ1n) is 8.10. The van der Waals surface area contributed by atoms with Crippen LogP contribution in [0.2, 0.25) is 0 Å². The predicted molar refractivity (Wildman–Crippen MR) is 89.8 cm³/mol. The Balaban J connectivity index is 1.64. The van der Waals surface area contributed by atoms with Gasteiger partial charge in [0.05, 0.1) is 12.8 Å². The topological polar surface area (TPSA) is 104 Å². The van der Waals surface area contributed by atoms with Crippen LogP contribution in [-0.4, -0.2) is 61.1 Å². The smallest absolute Gasteiger partial charge is 0.237 e. The van der Waals surface area contributed by atoms with E-state index in [9.17, 15) is 13.2 Å². The van der Waals surface area contributed by atoms with Crippen molar-refractivity contribution < 1.29 is 13.2 Å². The van der Waals surface area contributed by atoms with Gasteiger partial charge in [-0.2, -0.15) is 0 Å². The van der Waals surface area contributed by atoms with Gasteiger partial charge in [-0.1, -0.05) is 0 Å². The molecule has 0 aromatic carbocycles. The fourth-order valence-electron chi connectivity index (χ4n) is 3.22. The van der Waals surface area contributed by atoms with Gasteiger partial charge in [0.15, 0.2) is 0 Å². The molecule has 8 nitrogen and oxygen atoms in total. The Hall–Kier alpha value is -1.74. The van der Waals surface area contributed by atoms with E-state index in [0.29, 0.717) is 30.7 Å². The molecule has 132 valence electrons. The number of nitrogens with one attached hydrogen (secondary N) is 2. The van der Waals surface area contributed by atoms with Crippen molar-refractivity contribution in [1.82, 2.24) is 19.6 Å². The maximum atomic E-state index is 12.3. The molecular weight excluding hydrogens is 330 g/mol. The number of aryl methyl sites for hydroxylation is 1. The number of carbonyl (C=O) groups excluding carboxylic acids is 1. The number of sulfonamides is 1. The summed E-state index contributed by atoms with van der Waals surface area (Å²) in [6, 6.07) is 1.96. The predicted octanol–water partition coefficient (Wildman–Crippen LogP) is -0.0169. The summed E-state index contributed by atoms with van der Waals surface area (Å²) in [6.45, 7) is 2.88. The van der Waals surface area contributed by atoms with Crippen molar-refractivity contribution in [2.75, 3.05) is 31.2 Å². The molecule has 1 aliphatic carbocycles. The summed E-state index contributed by atoms with van der Waals surface area (Å²) in [5.41, 5.74) is 0. The molecule has 9 heteroatoms. The zero-order valence-corrected chi connectivity index (χ0v) is 14.7. The first-order chi connectivity index (χ1) is 11.3. The molecule has 1 amide bonds. The Bertz CT molecular complexity index is 720. The van der Waals surface area contributed by atoms with E-state index in [0.717, 1.165) is 12.1 Å². The van der Waals surface area contributed by atoms with E-state index < -0.39 is 10.0 Å². The number of rotatable bonds is 6. The van der Waals surface area contributed by atoms with E-state index in [4.69, 9.17) is 0 Å². The maximum absolute atomic E-state index is 12.3. The summed E-state index contributed by atoms with van der Waals surface area (Å²) in [4.78, 5) is 22.5. The third kappa shape index (κ3) is 4.41. The van der Waals surface area contributed by atoms with Crippen molar-refractivity contribution in [1.29, 1.82) is 0 Å².